The minimum atomic E-state index is 0.499. The first-order valence-electron chi connectivity index (χ1n) is 7.10. The summed E-state index contributed by atoms with van der Waals surface area (Å²) in [4.78, 5) is 11.3. The number of nitrogens with two attached hydrogens (primary N) is 1. The second kappa shape index (κ2) is 5.15. The molecule has 2 aromatic rings. The molecule has 0 spiro atoms. The average molecular weight is 272 g/mol. The van der Waals surface area contributed by atoms with Gasteiger partial charge in [0, 0.05) is 18.0 Å². The molecule has 106 valence electrons. The lowest BCUT2D eigenvalue weighted by molar-refractivity contribution is 0.502. The third kappa shape index (κ3) is 2.48. The molecule has 1 aliphatic carbocycles. The van der Waals surface area contributed by atoms with E-state index in [0.717, 1.165) is 29.5 Å². The van der Waals surface area contributed by atoms with Gasteiger partial charge in [0.1, 0.15) is 23.2 Å². The number of aromatic nitrogens is 2. The summed E-state index contributed by atoms with van der Waals surface area (Å²) in [7, 11) is 0. The first kappa shape index (κ1) is 13.0. The molecule has 2 N–H and O–H groups in total. The zero-order valence-electron chi connectivity index (χ0n) is 12.0. The molecule has 0 bridgehead atoms. The smallest absolute Gasteiger partial charge is 0.137 e. The lowest BCUT2D eigenvalue weighted by atomic mass is 10.2. The number of rotatable bonds is 5. The van der Waals surface area contributed by atoms with Gasteiger partial charge in [-0.15, -0.1) is 0 Å². The topological polar surface area (TPSA) is 68.2 Å². The Balaban J connectivity index is 1.93. The molecule has 2 heterocycles. The Morgan fingerprint density at radius 2 is 2.20 bits per heavy atom. The molecule has 0 atom stereocenters. The summed E-state index contributed by atoms with van der Waals surface area (Å²) in [5.74, 6) is 3.84. The molecule has 1 saturated carbocycles. The summed E-state index contributed by atoms with van der Waals surface area (Å²) in [5, 5.41) is 0. The van der Waals surface area contributed by atoms with Crippen LogP contribution in [0.5, 0.6) is 0 Å². The van der Waals surface area contributed by atoms with Crippen LogP contribution in [0.2, 0.25) is 0 Å². The van der Waals surface area contributed by atoms with E-state index in [0.29, 0.717) is 18.3 Å². The fraction of sp³-hybridized carbons (Fsp3) is 0.467. The Morgan fingerprint density at radius 3 is 2.80 bits per heavy atom. The van der Waals surface area contributed by atoms with E-state index in [2.05, 4.69) is 16.8 Å². The second-order valence-corrected chi connectivity index (χ2v) is 5.28. The normalized spacial score (nSPS) is 14.5. The van der Waals surface area contributed by atoms with Gasteiger partial charge in [0.2, 0.25) is 0 Å². The number of nitrogen functional groups attached to an aromatic ring is 1. The van der Waals surface area contributed by atoms with Crippen LogP contribution in [-0.4, -0.2) is 16.5 Å². The lowest BCUT2D eigenvalue weighted by Gasteiger charge is -2.23. The fourth-order valence-electron chi connectivity index (χ4n) is 2.30. The predicted octanol–water partition coefficient (Wildman–Crippen LogP) is 2.86. The van der Waals surface area contributed by atoms with E-state index in [-0.39, 0.29) is 0 Å². The van der Waals surface area contributed by atoms with Crippen LogP contribution in [0.1, 0.15) is 42.8 Å². The van der Waals surface area contributed by atoms with Crippen LogP contribution < -0.4 is 10.6 Å². The van der Waals surface area contributed by atoms with Gasteiger partial charge in [-0.2, -0.15) is 0 Å². The molecule has 0 aromatic carbocycles. The van der Waals surface area contributed by atoms with E-state index >= 15 is 0 Å². The quantitative estimate of drug-likeness (QED) is 0.906. The molecule has 1 aliphatic rings. The van der Waals surface area contributed by atoms with E-state index in [1.54, 1.807) is 6.26 Å². The third-order valence-electron chi connectivity index (χ3n) is 3.73. The van der Waals surface area contributed by atoms with E-state index in [1.165, 1.54) is 12.8 Å². The van der Waals surface area contributed by atoms with Crippen molar-refractivity contribution in [3.05, 3.63) is 35.5 Å². The maximum Gasteiger partial charge on any atom is 0.137 e. The Kier molecular flexibility index (Phi) is 3.34. The summed E-state index contributed by atoms with van der Waals surface area (Å²) in [6, 6.07) is 3.88. The largest absolute Gasteiger partial charge is 0.467 e. The molecule has 0 saturated heterocycles. The molecule has 1 fully saturated rings. The highest BCUT2D eigenvalue weighted by Gasteiger charge is 2.28. The van der Waals surface area contributed by atoms with Crippen LogP contribution in [0.3, 0.4) is 0 Å². The highest BCUT2D eigenvalue weighted by atomic mass is 16.3. The van der Waals surface area contributed by atoms with Gasteiger partial charge in [0.25, 0.3) is 0 Å². The van der Waals surface area contributed by atoms with Crippen molar-refractivity contribution in [2.45, 2.75) is 39.2 Å². The Hall–Kier alpha value is -2.04. The highest BCUT2D eigenvalue weighted by molar-refractivity contribution is 5.56. The number of hydrogen-bond donors (Lipinski definition) is 1. The van der Waals surface area contributed by atoms with Crippen molar-refractivity contribution in [2.75, 3.05) is 17.2 Å². The van der Waals surface area contributed by atoms with Crippen LogP contribution in [-0.2, 0) is 6.54 Å². The van der Waals surface area contributed by atoms with Crippen molar-refractivity contribution < 1.29 is 4.42 Å². The number of furan rings is 1. The average Bonchev–Trinajstić information content (AvgIpc) is 3.17. The number of anilines is 2. The van der Waals surface area contributed by atoms with Gasteiger partial charge >= 0.3 is 0 Å². The Labute approximate surface area is 118 Å². The molecule has 5 heteroatoms. The van der Waals surface area contributed by atoms with Crippen LogP contribution in [0.15, 0.2) is 22.8 Å². The summed E-state index contributed by atoms with van der Waals surface area (Å²) >= 11 is 0. The molecule has 0 unspecified atom stereocenters. The standard InChI is InChI=1S/C15H20N4O/c1-3-19(9-12-5-4-8-20-12)15-10(2)13(16)17-14(18-15)11-6-7-11/h4-5,8,11H,3,6-7,9H2,1-2H3,(H2,16,17,18). The molecule has 20 heavy (non-hydrogen) atoms. The first-order valence-corrected chi connectivity index (χ1v) is 7.10. The predicted molar refractivity (Wildman–Crippen MR) is 78.6 cm³/mol. The summed E-state index contributed by atoms with van der Waals surface area (Å²) in [6.45, 7) is 5.64. The second-order valence-electron chi connectivity index (χ2n) is 5.28. The van der Waals surface area contributed by atoms with Crippen LogP contribution in [0.25, 0.3) is 0 Å². The third-order valence-corrected chi connectivity index (χ3v) is 3.73. The van der Waals surface area contributed by atoms with Crippen molar-refractivity contribution in [2.24, 2.45) is 0 Å². The Bertz CT molecular complexity index is 590. The molecular weight excluding hydrogens is 252 g/mol. The molecule has 2 aromatic heterocycles. The molecule has 5 nitrogen and oxygen atoms in total. The van der Waals surface area contributed by atoms with Crippen molar-refractivity contribution >= 4 is 11.6 Å². The summed E-state index contributed by atoms with van der Waals surface area (Å²) in [6.07, 6.45) is 4.04. The van der Waals surface area contributed by atoms with E-state index in [1.807, 2.05) is 19.1 Å². The van der Waals surface area contributed by atoms with E-state index in [9.17, 15) is 0 Å². The minimum Gasteiger partial charge on any atom is -0.467 e. The minimum absolute atomic E-state index is 0.499. The van der Waals surface area contributed by atoms with E-state index < -0.39 is 0 Å². The lowest BCUT2D eigenvalue weighted by Crippen LogP contribution is -2.25. The summed E-state index contributed by atoms with van der Waals surface area (Å²) < 4.78 is 5.43. The monoisotopic (exact) mass is 272 g/mol. The zero-order chi connectivity index (χ0) is 14.1. The van der Waals surface area contributed by atoms with Gasteiger partial charge in [-0.05, 0) is 38.8 Å². The molecule has 3 rings (SSSR count). The van der Waals surface area contributed by atoms with Gasteiger partial charge in [0.05, 0.1) is 12.8 Å². The molecule has 0 radical (unpaired) electrons. The van der Waals surface area contributed by atoms with Crippen LogP contribution in [0.4, 0.5) is 11.6 Å². The van der Waals surface area contributed by atoms with Gasteiger partial charge in [-0.25, -0.2) is 9.97 Å². The van der Waals surface area contributed by atoms with Crippen molar-refractivity contribution in [1.82, 2.24) is 9.97 Å². The maximum atomic E-state index is 6.05. The van der Waals surface area contributed by atoms with Gasteiger partial charge in [-0.3, -0.25) is 0 Å². The van der Waals surface area contributed by atoms with Crippen molar-refractivity contribution in [3.8, 4) is 0 Å². The van der Waals surface area contributed by atoms with Crippen molar-refractivity contribution in [1.29, 1.82) is 0 Å². The van der Waals surface area contributed by atoms with Crippen LogP contribution in [0, 0.1) is 6.92 Å². The summed E-state index contributed by atoms with van der Waals surface area (Å²) in [5.41, 5.74) is 7.00. The van der Waals surface area contributed by atoms with Crippen LogP contribution >= 0.6 is 0 Å². The molecule has 0 aliphatic heterocycles. The number of hydrogen-bond acceptors (Lipinski definition) is 5. The van der Waals surface area contributed by atoms with Gasteiger partial charge in [-0.1, -0.05) is 0 Å². The maximum absolute atomic E-state index is 6.05. The fourth-order valence-corrected chi connectivity index (χ4v) is 2.30. The molecule has 0 amide bonds. The van der Waals surface area contributed by atoms with E-state index in [4.69, 9.17) is 15.1 Å². The first-order chi connectivity index (χ1) is 9.69. The highest BCUT2D eigenvalue weighted by Crippen LogP contribution is 2.39. The number of nitrogens with zero attached hydrogens (tertiary/aromatic N) is 3. The SMILES string of the molecule is CCN(Cc1ccco1)c1nc(C2CC2)nc(N)c1C. The Morgan fingerprint density at radius 1 is 1.40 bits per heavy atom. The molecular formula is C15H20N4O. The van der Waals surface area contributed by atoms with Gasteiger partial charge in [0.15, 0.2) is 0 Å². The van der Waals surface area contributed by atoms with Gasteiger partial charge < -0.3 is 15.1 Å². The van der Waals surface area contributed by atoms with Crippen molar-refractivity contribution in [3.63, 3.8) is 0 Å². The zero-order valence-corrected chi connectivity index (χ0v) is 12.0.